The van der Waals surface area contributed by atoms with Gasteiger partial charge in [-0.25, -0.2) is 4.39 Å². The van der Waals surface area contributed by atoms with Gasteiger partial charge in [-0.2, -0.15) is 0 Å². The Kier molecular flexibility index (Phi) is 5.64. The van der Waals surface area contributed by atoms with Crippen LogP contribution >= 0.6 is 0 Å². The fourth-order valence-corrected chi connectivity index (χ4v) is 3.30. The largest absolute Gasteiger partial charge is 0.507 e. The van der Waals surface area contributed by atoms with Crippen molar-refractivity contribution in [3.05, 3.63) is 71.3 Å². The highest BCUT2D eigenvalue weighted by Gasteiger charge is 2.45. The van der Waals surface area contributed by atoms with Gasteiger partial charge < -0.3 is 10.0 Å². The van der Waals surface area contributed by atoms with Crippen LogP contribution in [0.15, 0.2) is 54.4 Å². The van der Waals surface area contributed by atoms with Crippen LogP contribution in [-0.4, -0.2) is 33.2 Å². The first kappa shape index (κ1) is 18.8. The third kappa shape index (κ3) is 3.74. The molecule has 1 saturated heterocycles. The molecule has 3 rings (SSSR count). The van der Waals surface area contributed by atoms with Gasteiger partial charge in [-0.1, -0.05) is 31.9 Å². The molecule has 2 aromatic rings. The van der Waals surface area contributed by atoms with Crippen molar-refractivity contribution in [1.82, 2.24) is 9.88 Å². The summed E-state index contributed by atoms with van der Waals surface area (Å²) in [6.07, 6.45) is 5.64. The summed E-state index contributed by atoms with van der Waals surface area (Å²) >= 11 is 0. The number of Topliss-reactive ketones (excluding diaryl/α,β-unsaturated/α-hetero) is 1. The van der Waals surface area contributed by atoms with Gasteiger partial charge in [-0.05, 0) is 36.2 Å². The standard InChI is InChI=1S/C21H21FN2O3/c1-2-3-4-13-24-18(14-5-7-16(22)8-6-14)17(20(26)21(24)27)19(25)15-9-11-23-12-10-15/h5-12,18,25H,2-4,13H2,1H3/b19-17-. The second-order valence-corrected chi connectivity index (χ2v) is 6.49. The van der Waals surface area contributed by atoms with Crippen LogP contribution in [0.1, 0.15) is 43.4 Å². The van der Waals surface area contributed by atoms with Gasteiger partial charge in [0, 0.05) is 24.5 Å². The number of nitrogens with zero attached hydrogens (tertiary/aromatic N) is 2. The minimum atomic E-state index is -0.740. The summed E-state index contributed by atoms with van der Waals surface area (Å²) in [5, 5.41) is 10.8. The Balaban J connectivity index is 2.10. The van der Waals surface area contributed by atoms with Gasteiger partial charge in [-0.3, -0.25) is 14.6 Å². The molecule has 1 fully saturated rings. The topological polar surface area (TPSA) is 70.5 Å². The van der Waals surface area contributed by atoms with Crippen molar-refractivity contribution in [2.75, 3.05) is 6.54 Å². The molecule has 1 aromatic heterocycles. The van der Waals surface area contributed by atoms with Gasteiger partial charge in [0.05, 0.1) is 11.6 Å². The van der Waals surface area contributed by atoms with E-state index in [-0.39, 0.29) is 11.3 Å². The molecular weight excluding hydrogens is 347 g/mol. The van der Waals surface area contributed by atoms with Crippen molar-refractivity contribution in [3.8, 4) is 0 Å². The quantitative estimate of drug-likeness (QED) is 0.364. The number of likely N-dealkylation sites (tertiary alicyclic amines) is 1. The molecule has 1 amide bonds. The van der Waals surface area contributed by atoms with Gasteiger partial charge in [0.15, 0.2) is 0 Å². The maximum Gasteiger partial charge on any atom is 0.295 e. The summed E-state index contributed by atoms with van der Waals surface area (Å²) in [5.74, 6) is -2.02. The van der Waals surface area contributed by atoms with Crippen molar-refractivity contribution in [2.24, 2.45) is 0 Å². The first-order chi connectivity index (χ1) is 13.0. The Morgan fingerprint density at radius 2 is 1.78 bits per heavy atom. The monoisotopic (exact) mass is 368 g/mol. The van der Waals surface area contributed by atoms with E-state index < -0.39 is 23.5 Å². The van der Waals surface area contributed by atoms with Gasteiger partial charge in [0.2, 0.25) is 0 Å². The number of carbonyl (C=O) groups is 2. The molecule has 27 heavy (non-hydrogen) atoms. The first-order valence-corrected chi connectivity index (χ1v) is 8.99. The van der Waals surface area contributed by atoms with E-state index >= 15 is 0 Å². The predicted molar refractivity (Wildman–Crippen MR) is 99.2 cm³/mol. The summed E-state index contributed by atoms with van der Waals surface area (Å²) < 4.78 is 13.4. The summed E-state index contributed by atoms with van der Waals surface area (Å²) in [6, 6.07) is 8.05. The molecule has 1 aromatic carbocycles. The molecule has 6 heteroatoms. The Bertz CT molecular complexity index is 863. The number of halogens is 1. The fourth-order valence-electron chi connectivity index (χ4n) is 3.30. The van der Waals surface area contributed by atoms with Crippen LogP contribution in [0.2, 0.25) is 0 Å². The Morgan fingerprint density at radius 3 is 2.41 bits per heavy atom. The first-order valence-electron chi connectivity index (χ1n) is 8.99. The molecule has 1 aliphatic heterocycles. The molecule has 1 unspecified atom stereocenters. The zero-order valence-electron chi connectivity index (χ0n) is 15.1. The summed E-state index contributed by atoms with van der Waals surface area (Å²) in [7, 11) is 0. The average Bonchev–Trinajstić information content (AvgIpc) is 2.94. The zero-order chi connectivity index (χ0) is 19.4. The fraction of sp³-hybridized carbons (Fsp3) is 0.286. The van der Waals surface area contributed by atoms with Crippen molar-refractivity contribution in [3.63, 3.8) is 0 Å². The van der Waals surface area contributed by atoms with Crippen molar-refractivity contribution in [2.45, 2.75) is 32.2 Å². The highest BCUT2D eigenvalue weighted by Crippen LogP contribution is 2.39. The molecule has 2 heterocycles. The van der Waals surface area contributed by atoms with Crippen LogP contribution in [0.3, 0.4) is 0 Å². The van der Waals surface area contributed by atoms with Gasteiger partial charge in [0.25, 0.3) is 11.7 Å². The number of hydrogen-bond donors (Lipinski definition) is 1. The summed E-state index contributed by atoms with van der Waals surface area (Å²) in [4.78, 5) is 30.7. The van der Waals surface area contributed by atoms with Crippen LogP contribution in [0.4, 0.5) is 4.39 Å². The highest BCUT2D eigenvalue weighted by atomic mass is 19.1. The van der Waals surface area contributed by atoms with Crippen LogP contribution in [0.25, 0.3) is 5.76 Å². The zero-order valence-corrected chi connectivity index (χ0v) is 15.1. The average molecular weight is 368 g/mol. The summed E-state index contributed by atoms with van der Waals surface area (Å²) in [5.41, 5.74) is 1.01. The third-order valence-corrected chi connectivity index (χ3v) is 4.68. The molecule has 0 aliphatic carbocycles. The van der Waals surface area contributed by atoms with Gasteiger partial charge in [0.1, 0.15) is 11.6 Å². The number of aliphatic hydroxyl groups is 1. The van der Waals surface area contributed by atoms with Crippen molar-refractivity contribution >= 4 is 17.4 Å². The maximum absolute atomic E-state index is 13.4. The van der Waals surface area contributed by atoms with Crippen molar-refractivity contribution < 1.29 is 19.1 Å². The number of unbranched alkanes of at least 4 members (excludes halogenated alkanes) is 2. The maximum atomic E-state index is 13.4. The molecule has 0 radical (unpaired) electrons. The summed E-state index contributed by atoms with van der Waals surface area (Å²) in [6.45, 7) is 2.45. The molecule has 1 N–H and O–H groups in total. The highest BCUT2D eigenvalue weighted by molar-refractivity contribution is 6.46. The number of ketones is 1. The molecule has 5 nitrogen and oxygen atoms in total. The van der Waals surface area contributed by atoms with E-state index in [0.717, 1.165) is 19.3 Å². The van der Waals surface area contributed by atoms with E-state index in [4.69, 9.17) is 0 Å². The van der Waals surface area contributed by atoms with Crippen LogP contribution < -0.4 is 0 Å². The number of hydrogen-bond acceptors (Lipinski definition) is 4. The van der Waals surface area contributed by atoms with Crippen molar-refractivity contribution in [1.29, 1.82) is 0 Å². The normalized spacial score (nSPS) is 18.9. The van der Waals surface area contributed by atoms with E-state index in [2.05, 4.69) is 11.9 Å². The van der Waals surface area contributed by atoms with Crippen LogP contribution in [0, 0.1) is 5.82 Å². The SMILES string of the molecule is CCCCCN1C(=O)C(=O)/C(=C(\O)c2ccncc2)C1c1ccc(F)cc1. The Labute approximate surface area is 157 Å². The lowest BCUT2D eigenvalue weighted by atomic mass is 9.95. The number of aromatic nitrogens is 1. The van der Waals surface area contributed by atoms with E-state index in [1.165, 1.54) is 29.4 Å². The number of benzene rings is 1. The van der Waals surface area contributed by atoms with Crippen LogP contribution in [0.5, 0.6) is 0 Å². The number of amides is 1. The molecule has 0 spiro atoms. The predicted octanol–water partition coefficient (Wildman–Crippen LogP) is 3.83. The van der Waals surface area contributed by atoms with Gasteiger partial charge >= 0.3 is 0 Å². The van der Waals surface area contributed by atoms with Gasteiger partial charge in [-0.15, -0.1) is 0 Å². The Hall–Kier alpha value is -3.02. The smallest absolute Gasteiger partial charge is 0.295 e. The molecule has 1 atom stereocenters. The van der Waals surface area contributed by atoms with Crippen LogP contribution in [-0.2, 0) is 9.59 Å². The minimum absolute atomic E-state index is 0.0225. The third-order valence-electron chi connectivity index (χ3n) is 4.68. The molecule has 0 bridgehead atoms. The van der Waals surface area contributed by atoms with E-state index in [1.54, 1.807) is 24.3 Å². The lowest BCUT2D eigenvalue weighted by Crippen LogP contribution is -2.30. The number of pyridine rings is 1. The number of aliphatic hydroxyl groups excluding tert-OH is 1. The van der Waals surface area contributed by atoms with E-state index in [9.17, 15) is 19.1 Å². The lowest BCUT2D eigenvalue weighted by molar-refractivity contribution is -0.139. The molecule has 0 saturated carbocycles. The second kappa shape index (κ2) is 8.12. The second-order valence-electron chi connectivity index (χ2n) is 6.49. The minimum Gasteiger partial charge on any atom is -0.507 e. The molecule has 1 aliphatic rings. The number of rotatable bonds is 6. The molecular formula is C21H21FN2O3. The lowest BCUT2D eigenvalue weighted by Gasteiger charge is -2.25. The Morgan fingerprint density at radius 1 is 1.11 bits per heavy atom. The number of carbonyl (C=O) groups excluding carboxylic acids is 2. The molecule has 140 valence electrons. The van der Waals surface area contributed by atoms with E-state index in [1.807, 2.05) is 0 Å². The van der Waals surface area contributed by atoms with E-state index in [0.29, 0.717) is 17.7 Å².